The number of carboxylic acid groups (broad SMARTS) is 1. The van der Waals surface area contributed by atoms with Crippen LogP contribution in [0.4, 0.5) is 10.1 Å². The molecule has 1 aromatic rings. The highest BCUT2D eigenvalue weighted by atomic mass is 32.2. The van der Waals surface area contributed by atoms with Crippen LogP contribution >= 0.6 is 11.8 Å². The van der Waals surface area contributed by atoms with Crippen LogP contribution in [0.1, 0.15) is 5.56 Å². The maximum Gasteiger partial charge on any atom is 0.321 e. The standard InChI is InChI=1S/C10H11FN2O4S/c11-7-1-2-9(13(16)17)6(3-7)4-18-5-8(12)10(14)15/h1-3,8H,4-5,12H2,(H,14,15)/t8-/m1/s1. The van der Waals surface area contributed by atoms with Gasteiger partial charge in [-0.15, -0.1) is 0 Å². The molecule has 0 saturated heterocycles. The Hall–Kier alpha value is -1.67. The number of hydrogen-bond acceptors (Lipinski definition) is 5. The Balaban J connectivity index is 2.69. The summed E-state index contributed by atoms with van der Waals surface area (Å²) in [5, 5.41) is 19.3. The van der Waals surface area contributed by atoms with Gasteiger partial charge in [0.1, 0.15) is 11.9 Å². The predicted molar refractivity (Wildman–Crippen MR) is 64.8 cm³/mol. The molecule has 18 heavy (non-hydrogen) atoms. The third-order valence-electron chi connectivity index (χ3n) is 2.11. The number of carboxylic acids is 1. The summed E-state index contributed by atoms with van der Waals surface area (Å²) in [6, 6.07) is 2.12. The molecule has 0 aliphatic rings. The van der Waals surface area contributed by atoms with E-state index in [0.717, 1.165) is 30.0 Å². The average Bonchev–Trinajstić information content (AvgIpc) is 2.28. The fourth-order valence-corrected chi connectivity index (χ4v) is 2.18. The lowest BCUT2D eigenvalue weighted by Gasteiger charge is -2.06. The highest BCUT2D eigenvalue weighted by Gasteiger charge is 2.16. The number of halogens is 1. The van der Waals surface area contributed by atoms with Gasteiger partial charge in [0.25, 0.3) is 5.69 Å². The molecule has 1 aromatic carbocycles. The zero-order valence-corrected chi connectivity index (χ0v) is 10.0. The van der Waals surface area contributed by atoms with Crippen molar-refractivity contribution in [2.75, 3.05) is 5.75 Å². The normalized spacial score (nSPS) is 12.1. The van der Waals surface area contributed by atoms with Crippen molar-refractivity contribution in [3.63, 3.8) is 0 Å². The molecule has 1 atom stereocenters. The second kappa shape index (κ2) is 6.31. The van der Waals surface area contributed by atoms with Gasteiger partial charge in [0.15, 0.2) is 0 Å². The number of nitro benzene ring substituents is 1. The zero-order chi connectivity index (χ0) is 13.7. The summed E-state index contributed by atoms with van der Waals surface area (Å²) >= 11 is 1.11. The number of rotatable bonds is 6. The van der Waals surface area contributed by atoms with Gasteiger partial charge in [-0.05, 0) is 12.1 Å². The second-order valence-corrected chi connectivity index (χ2v) is 4.52. The van der Waals surface area contributed by atoms with Gasteiger partial charge < -0.3 is 10.8 Å². The summed E-state index contributed by atoms with van der Waals surface area (Å²) in [7, 11) is 0. The topological polar surface area (TPSA) is 106 Å². The summed E-state index contributed by atoms with van der Waals surface area (Å²) < 4.78 is 13.0. The molecule has 1 rings (SSSR count). The highest BCUT2D eigenvalue weighted by Crippen LogP contribution is 2.24. The smallest absolute Gasteiger partial charge is 0.321 e. The lowest BCUT2D eigenvalue weighted by atomic mass is 10.2. The Morgan fingerprint density at radius 1 is 1.61 bits per heavy atom. The van der Waals surface area contributed by atoms with Crippen LogP contribution in [0.2, 0.25) is 0 Å². The summed E-state index contributed by atoms with van der Waals surface area (Å²) in [6.45, 7) is 0. The van der Waals surface area contributed by atoms with Crippen molar-refractivity contribution in [3.05, 3.63) is 39.7 Å². The Morgan fingerprint density at radius 2 is 2.28 bits per heavy atom. The van der Waals surface area contributed by atoms with E-state index < -0.39 is 22.8 Å². The minimum Gasteiger partial charge on any atom is -0.480 e. The van der Waals surface area contributed by atoms with Crippen molar-refractivity contribution in [2.45, 2.75) is 11.8 Å². The third kappa shape index (κ3) is 3.97. The van der Waals surface area contributed by atoms with Crippen LogP contribution < -0.4 is 5.73 Å². The van der Waals surface area contributed by atoms with E-state index in [9.17, 15) is 19.3 Å². The van der Waals surface area contributed by atoms with Crippen LogP contribution in [0.3, 0.4) is 0 Å². The first-order valence-corrected chi connectivity index (χ1v) is 6.06. The molecule has 0 spiro atoms. The molecule has 6 nitrogen and oxygen atoms in total. The third-order valence-corrected chi connectivity index (χ3v) is 3.22. The van der Waals surface area contributed by atoms with Gasteiger partial charge in [-0.2, -0.15) is 11.8 Å². The first-order chi connectivity index (χ1) is 8.41. The Bertz CT molecular complexity index is 469. The van der Waals surface area contributed by atoms with Crippen LogP contribution in [0.5, 0.6) is 0 Å². The number of nitrogens with zero attached hydrogens (tertiary/aromatic N) is 1. The van der Waals surface area contributed by atoms with E-state index in [-0.39, 0.29) is 22.8 Å². The van der Waals surface area contributed by atoms with Crippen molar-refractivity contribution < 1.29 is 19.2 Å². The Kier molecular flexibility index (Phi) is 5.05. The molecule has 0 aromatic heterocycles. The van der Waals surface area contributed by atoms with Crippen LogP contribution in [0.25, 0.3) is 0 Å². The Morgan fingerprint density at radius 3 is 2.83 bits per heavy atom. The Labute approximate surface area is 106 Å². The first kappa shape index (κ1) is 14.4. The highest BCUT2D eigenvalue weighted by molar-refractivity contribution is 7.98. The number of nitrogens with two attached hydrogens (primary N) is 1. The van der Waals surface area contributed by atoms with Crippen molar-refractivity contribution in [2.24, 2.45) is 5.73 Å². The zero-order valence-electron chi connectivity index (χ0n) is 9.21. The molecule has 0 heterocycles. The molecule has 8 heteroatoms. The van der Waals surface area contributed by atoms with E-state index >= 15 is 0 Å². The summed E-state index contributed by atoms with van der Waals surface area (Å²) in [5.41, 5.74) is 5.30. The summed E-state index contributed by atoms with van der Waals surface area (Å²) in [4.78, 5) is 20.6. The molecule has 3 N–H and O–H groups in total. The SMILES string of the molecule is N[C@H](CSCc1cc(F)ccc1[N+](=O)[O-])C(=O)O. The van der Waals surface area contributed by atoms with Crippen molar-refractivity contribution >= 4 is 23.4 Å². The maximum absolute atomic E-state index is 13.0. The number of hydrogen-bond donors (Lipinski definition) is 2. The molecule has 0 unspecified atom stereocenters. The van der Waals surface area contributed by atoms with E-state index in [0.29, 0.717) is 0 Å². The molecule has 0 saturated carbocycles. The molecule has 98 valence electrons. The lowest BCUT2D eigenvalue weighted by molar-refractivity contribution is -0.385. The minimum absolute atomic E-state index is 0.100. The van der Waals surface area contributed by atoms with E-state index in [1.165, 1.54) is 0 Å². The molecule has 0 aliphatic heterocycles. The summed E-state index contributed by atoms with van der Waals surface area (Å²) in [6.07, 6.45) is 0. The number of aliphatic carboxylic acids is 1. The molecular weight excluding hydrogens is 263 g/mol. The fraction of sp³-hybridized carbons (Fsp3) is 0.300. The average molecular weight is 274 g/mol. The number of benzene rings is 1. The largest absolute Gasteiger partial charge is 0.480 e. The monoisotopic (exact) mass is 274 g/mol. The van der Waals surface area contributed by atoms with Crippen LogP contribution in [0, 0.1) is 15.9 Å². The number of thioether (sulfide) groups is 1. The first-order valence-electron chi connectivity index (χ1n) is 4.90. The molecule has 0 aliphatic carbocycles. The molecular formula is C10H11FN2O4S. The summed E-state index contributed by atoms with van der Waals surface area (Å²) in [5.74, 6) is -1.48. The van der Waals surface area contributed by atoms with Gasteiger partial charge in [0.05, 0.1) is 4.92 Å². The van der Waals surface area contributed by atoms with Crippen LogP contribution in [-0.4, -0.2) is 27.8 Å². The van der Waals surface area contributed by atoms with Crippen LogP contribution in [0.15, 0.2) is 18.2 Å². The van der Waals surface area contributed by atoms with Crippen molar-refractivity contribution in [1.29, 1.82) is 0 Å². The van der Waals surface area contributed by atoms with Crippen LogP contribution in [-0.2, 0) is 10.5 Å². The predicted octanol–water partition coefficient (Wildman–Crippen LogP) is 1.38. The van der Waals surface area contributed by atoms with Crippen molar-refractivity contribution in [3.8, 4) is 0 Å². The van der Waals surface area contributed by atoms with Gasteiger partial charge in [0.2, 0.25) is 0 Å². The molecule has 0 amide bonds. The van der Waals surface area contributed by atoms with Gasteiger partial charge in [-0.3, -0.25) is 14.9 Å². The van der Waals surface area contributed by atoms with E-state index in [1.807, 2.05) is 0 Å². The van der Waals surface area contributed by atoms with E-state index in [2.05, 4.69) is 0 Å². The molecule has 0 bridgehead atoms. The van der Waals surface area contributed by atoms with Crippen molar-refractivity contribution in [1.82, 2.24) is 0 Å². The molecule has 0 radical (unpaired) electrons. The molecule has 0 fully saturated rings. The number of nitro groups is 1. The lowest BCUT2D eigenvalue weighted by Crippen LogP contribution is -2.32. The minimum atomic E-state index is -1.14. The fourth-order valence-electron chi connectivity index (χ4n) is 1.21. The maximum atomic E-state index is 13.0. The quantitative estimate of drug-likeness (QED) is 0.599. The van der Waals surface area contributed by atoms with E-state index in [1.54, 1.807) is 0 Å². The van der Waals surface area contributed by atoms with Gasteiger partial charge in [-0.1, -0.05) is 0 Å². The van der Waals surface area contributed by atoms with Gasteiger partial charge in [-0.25, -0.2) is 4.39 Å². The number of carbonyl (C=O) groups is 1. The van der Waals surface area contributed by atoms with Gasteiger partial charge >= 0.3 is 5.97 Å². The van der Waals surface area contributed by atoms with Gasteiger partial charge in [0, 0.05) is 23.1 Å². The van der Waals surface area contributed by atoms with E-state index in [4.69, 9.17) is 10.8 Å². The second-order valence-electron chi connectivity index (χ2n) is 3.49.